The van der Waals surface area contributed by atoms with Crippen LogP contribution in [-0.2, 0) is 0 Å². The summed E-state index contributed by atoms with van der Waals surface area (Å²) in [5, 5.41) is 9.23. The van der Waals surface area contributed by atoms with Crippen molar-refractivity contribution in [2.24, 2.45) is 0 Å². The molecule has 0 spiro atoms. The maximum absolute atomic E-state index is 6.33. The first-order chi connectivity index (χ1) is 20.3. The number of nitrogens with zero attached hydrogens (tertiary/aromatic N) is 2. The van der Waals surface area contributed by atoms with E-state index in [4.69, 9.17) is 14.4 Å². The predicted octanol–water partition coefficient (Wildman–Crippen LogP) is 10.3. The van der Waals surface area contributed by atoms with Crippen LogP contribution in [0.5, 0.6) is 0 Å². The summed E-state index contributed by atoms with van der Waals surface area (Å²) in [5.74, 6) is 0. The highest BCUT2D eigenvalue weighted by atomic mass is 16.3. The molecule has 3 heterocycles. The molecule has 0 saturated heterocycles. The fourth-order valence-electron chi connectivity index (χ4n) is 6.47. The number of fused-ring (bicyclic) bond motifs is 11. The average Bonchev–Trinajstić information content (AvgIpc) is 3.43. The molecule has 3 heteroatoms. The van der Waals surface area contributed by atoms with E-state index >= 15 is 0 Å². The van der Waals surface area contributed by atoms with Gasteiger partial charge in [-0.3, -0.25) is 4.98 Å². The minimum absolute atomic E-state index is 0.909. The number of aromatic nitrogens is 2. The number of rotatable bonds is 2. The second-order valence-corrected chi connectivity index (χ2v) is 10.5. The molecule has 0 aliphatic heterocycles. The zero-order valence-corrected chi connectivity index (χ0v) is 22.0. The van der Waals surface area contributed by atoms with Crippen LogP contribution in [0.4, 0.5) is 0 Å². The molecule has 0 fully saturated rings. The molecule has 0 aliphatic rings. The lowest BCUT2D eigenvalue weighted by atomic mass is 9.91. The van der Waals surface area contributed by atoms with Crippen LogP contribution in [0.1, 0.15) is 0 Å². The fraction of sp³-hybridized carbons (Fsp3) is 0. The zero-order chi connectivity index (χ0) is 26.9. The Morgan fingerprint density at radius 3 is 2.02 bits per heavy atom. The van der Waals surface area contributed by atoms with Crippen LogP contribution in [0.25, 0.3) is 87.7 Å². The summed E-state index contributed by atoms with van der Waals surface area (Å²) < 4.78 is 6.33. The van der Waals surface area contributed by atoms with Crippen LogP contribution < -0.4 is 0 Å². The highest BCUT2D eigenvalue weighted by Crippen LogP contribution is 2.42. The number of hydrogen-bond donors (Lipinski definition) is 0. The van der Waals surface area contributed by atoms with Gasteiger partial charge in [-0.2, -0.15) is 0 Å². The Morgan fingerprint density at radius 2 is 1.15 bits per heavy atom. The minimum Gasteiger partial charge on any atom is -0.455 e. The Morgan fingerprint density at radius 1 is 0.463 bits per heavy atom. The summed E-state index contributed by atoms with van der Waals surface area (Å²) in [5.41, 5.74) is 8.09. The van der Waals surface area contributed by atoms with E-state index in [1.165, 1.54) is 5.39 Å². The topological polar surface area (TPSA) is 38.9 Å². The summed E-state index contributed by atoms with van der Waals surface area (Å²) in [7, 11) is 0. The van der Waals surface area contributed by atoms with E-state index < -0.39 is 0 Å². The maximum atomic E-state index is 6.33. The molecule has 9 aromatic rings. The Labute approximate surface area is 235 Å². The predicted molar refractivity (Wildman–Crippen MR) is 170 cm³/mol. The van der Waals surface area contributed by atoms with Gasteiger partial charge < -0.3 is 4.42 Å². The molecule has 3 nitrogen and oxygen atoms in total. The van der Waals surface area contributed by atoms with Gasteiger partial charge in [0.25, 0.3) is 0 Å². The first kappa shape index (κ1) is 22.3. The van der Waals surface area contributed by atoms with Crippen LogP contribution in [0.3, 0.4) is 0 Å². The van der Waals surface area contributed by atoms with E-state index in [-0.39, 0.29) is 0 Å². The quantitative estimate of drug-likeness (QED) is 0.212. The van der Waals surface area contributed by atoms with Crippen molar-refractivity contribution >= 4 is 65.3 Å². The molecule has 41 heavy (non-hydrogen) atoms. The smallest absolute Gasteiger partial charge is 0.143 e. The molecule has 3 aromatic heterocycles. The van der Waals surface area contributed by atoms with Crippen molar-refractivity contribution in [3.63, 3.8) is 0 Å². The van der Waals surface area contributed by atoms with Gasteiger partial charge in [0.2, 0.25) is 0 Å². The molecule has 9 rings (SSSR count). The molecule has 0 amide bonds. The van der Waals surface area contributed by atoms with E-state index in [2.05, 4.69) is 109 Å². The molecule has 0 aliphatic carbocycles. The first-order valence-electron chi connectivity index (χ1n) is 13.8. The average molecular weight is 523 g/mol. The van der Waals surface area contributed by atoms with E-state index in [1.54, 1.807) is 0 Å². The van der Waals surface area contributed by atoms with Crippen LogP contribution >= 0.6 is 0 Å². The number of furan rings is 1. The Balaban J connectivity index is 1.33. The van der Waals surface area contributed by atoms with Crippen molar-refractivity contribution in [2.45, 2.75) is 0 Å². The minimum atomic E-state index is 0.909. The molecule has 0 radical (unpaired) electrons. The molecule has 0 unspecified atom stereocenters. The van der Waals surface area contributed by atoms with Gasteiger partial charge in [0.05, 0.1) is 16.7 Å². The van der Waals surface area contributed by atoms with Crippen LogP contribution in [0.2, 0.25) is 0 Å². The van der Waals surface area contributed by atoms with E-state index in [1.807, 2.05) is 24.4 Å². The van der Waals surface area contributed by atoms with Crippen molar-refractivity contribution in [3.8, 4) is 22.4 Å². The van der Waals surface area contributed by atoms with Gasteiger partial charge in [-0.05, 0) is 29.1 Å². The molecule has 0 N–H and O–H groups in total. The standard InChI is InChI=1S/C38H22N2O/c1-2-11-28-27(10-1)35-34(31-15-8-22-39-37(28)31)30-12-3-5-16-32(30)40-36(35)24-20-18-23(19-21-24)25-13-7-14-29-26-9-4-6-17-33(26)41-38(25)29/h1-22H. The summed E-state index contributed by atoms with van der Waals surface area (Å²) in [6, 6.07) is 44.5. The second kappa shape index (κ2) is 8.48. The third-order valence-electron chi connectivity index (χ3n) is 8.29. The summed E-state index contributed by atoms with van der Waals surface area (Å²) >= 11 is 0. The molecule has 190 valence electrons. The van der Waals surface area contributed by atoms with Gasteiger partial charge in [0.1, 0.15) is 11.2 Å². The van der Waals surface area contributed by atoms with Gasteiger partial charge in [0, 0.05) is 55.0 Å². The van der Waals surface area contributed by atoms with Crippen LogP contribution in [0, 0.1) is 0 Å². The number of benzene rings is 6. The van der Waals surface area contributed by atoms with Gasteiger partial charge in [-0.15, -0.1) is 0 Å². The van der Waals surface area contributed by atoms with E-state index in [0.29, 0.717) is 0 Å². The van der Waals surface area contributed by atoms with Crippen molar-refractivity contribution in [1.29, 1.82) is 0 Å². The molecule has 6 aromatic carbocycles. The Bertz CT molecular complexity index is 2470. The second-order valence-electron chi connectivity index (χ2n) is 10.5. The van der Waals surface area contributed by atoms with Gasteiger partial charge >= 0.3 is 0 Å². The van der Waals surface area contributed by atoms with Gasteiger partial charge in [0.15, 0.2) is 0 Å². The molecular weight excluding hydrogens is 500 g/mol. The summed E-state index contributed by atoms with van der Waals surface area (Å²) in [4.78, 5) is 10.1. The molecule has 0 bridgehead atoms. The number of para-hydroxylation sites is 3. The van der Waals surface area contributed by atoms with E-state index in [9.17, 15) is 0 Å². The van der Waals surface area contributed by atoms with Crippen LogP contribution in [0.15, 0.2) is 138 Å². The molecular formula is C38H22N2O. The van der Waals surface area contributed by atoms with Crippen molar-refractivity contribution in [3.05, 3.63) is 134 Å². The fourth-order valence-corrected chi connectivity index (χ4v) is 6.47. The number of pyridine rings is 2. The SMILES string of the molecule is c1ccc2c(c1)nc(-c1ccc(-c3cccc4c3oc3ccccc34)cc1)c1c3ccccc3c3ncccc3c21. The lowest BCUT2D eigenvalue weighted by molar-refractivity contribution is 0.670. The summed E-state index contributed by atoms with van der Waals surface area (Å²) in [6.45, 7) is 0. The maximum Gasteiger partial charge on any atom is 0.143 e. The lowest BCUT2D eigenvalue weighted by Gasteiger charge is -2.16. The monoisotopic (exact) mass is 522 g/mol. The Kier molecular flexibility index (Phi) is 4.61. The number of hydrogen-bond acceptors (Lipinski definition) is 3. The third kappa shape index (κ3) is 3.20. The third-order valence-corrected chi connectivity index (χ3v) is 8.29. The van der Waals surface area contributed by atoms with Crippen molar-refractivity contribution < 1.29 is 4.42 Å². The van der Waals surface area contributed by atoms with Crippen LogP contribution in [-0.4, -0.2) is 9.97 Å². The highest BCUT2D eigenvalue weighted by molar-refractivity contribution is 6.32. The molecule has 0 atom stereocenters. The molecule has 0 saturated carbocycles. The van der Waals surface area contributed by atoms with Crippen molar-refractivity contribution in [2.75, 3.05) is 0 Å². The van der Waals surface area contributed by atoms with Gasteiger partial charge in [-0.1, -0.05) is 109 Å². The van der Waals surface area contributed by atoms with Crippen molar-refractivity contribution in [1.82, 2.24) is 9.97 Å². The Hall–Kier alpha value is -5.54. The largest absolute Gasteiger partial charge is 0.455 e. The highest BCUT2D eigenvalue weighted by Gasteiger charge is 2.18. The lowest BCUT2D eigenvalue weighted by Crippen LogP contribution is -1.93. The normalized spacial score (nSPS) is 11.9. The van der Waals surface area contributed by atoms with Gasteiger partial charge in [-0.25, -0.2) is 4.98 Å². The first-order valence-corrected chi connectivity index (χ1v) is 13.8. The zero-order valence-electron chi connectivity index (χ0n) is 22.0. The van der Waals surface area contributed by atoms with E-state index in [0.717, 1.165) is 82.3 Å². The summed E-state index contributed by atoms with van der Waals surface area (Å²) in [6.07, 6.45) is 1.88.